The van der Waals surface area contributed by atoms with Crippen molar-refractivity contribution in [3.63, 3.8) is 0 Å². The summed E-state index contributed by atoms with van der Waals surface area (Å²) in [6, 6.07) is 4.74. The van der Waals surface area contributed by atoms with Crippen molar-refractivity contribution in [2.75, 3.05) is 13.2 Å². The number of hydrogen-bond acceptors (Lipinski definition) is 3. The van der Waals surface area contributed by atoms with E-state index in [1.54, 1.807) is 12.1 Å². The highest BCUT2D eigenvalue weighted by Crippen LogP contribution is 2.22. The molecule has 5 heteroatoms. The van der Waals surface area contributed by atoms with Crippen molar-refractivity contribution in [1.82, 2.24) is 5.32 Å². The Morgan fingerprint density at radius 3 is 2.89 bits per heavy atom. The fourth-order valence-corrected chi connectivity index (χ4v) is 1.62. The van der Waals surface area contributed by atoms with E-state index in [-0.39, 0.29) is 24.3 Å². The van der Waals surface area contributed by atoms with Crippen LogP contribution in [0.4, 0.5) is 4.39 Å². The van der Waals surface area contributed by atoms with Gasteiger partial charge in [0.1, 0.15) is 0 Å². The smallest absolute Gasteiger partial charge is 0.258 e. The van der Waals surface area contributed by atoms with E-state index >= 15 is 0 Å². The second-order valence-corrected chi connectivity index (χ2v) is 4.43. The lowest BCUT2D eigenvalue weighted by atomic mass is 10.1. The Labute approximate surface area is 113 Å². The van der Waals surface area contributed by atoms with Crippen molar-refractivity contribution in [3.05, 3.63) is 29.6 Å². The molecule has 0 aliphatic rings. The van der Waals surface area contributed by atoms with Gasteiger partial charge < -0.3 is 15.8 Å². The molecule has 1 unspecified atom stereocenters. The van der Waals surface area contributed by atoms with Crippen molar-refractivity contribution in [2.45, 2.75) is 32.7 Å². The Morgan fingerprint density at radius 1 is 1.53 bits per heavy atom. The molecule has 3 N–H and O–H groups in total. The molecule has 0 saturated carbocycles. The molecule has 106 valence electrons. The normalized spacial score (nSPS) is 12.0. The number of amides is 1. The zero-order valence-corrected chi connectivity index (χ0v) is 11.4. The molecule has 1 aromatic rings. The number of hydrogen-bond donors (Lipinski definition) is 2. The zero-order chi connectivity index (χ0) is 14.3. The van der Waals surface area contributed by atoms with Gasteiger partial charge in [-0.25, -0.2) is 4.39 Å². The third kappa shape index (κ3) is 4.87. The summed E-state index contributed by atoms with van der Waals surface area (Å²) >= 11 is 0. The average Bonchev–Trinajstić information content (AvgIpc) is 2.38. The SMILES string of the molecule is CCC(C)NC(=O)COc1c(F)cccc1CCN. The van der Waals surface area contributed by atoms with Crippen LogP contribution in [0, 0.1) is 5.82 Å². The maximum absolute atomic E-state index is 13.7. The van der Waals surface area contributed by atoms with Gasteiger partial charge in [-0.2, -0.15) is 0 Å². The maximum Gasteiger partial charge on any atom is 0.258 e. The Bertz CT molecular complexity index is 424. The fourth-order valence-electron chi connectivity index (χ4n) is 1.62. The number of para-hydroxylation sites is 1. The van der Waals surface area contributed by atoms with Crippen LogP contribution in [0.3, 0.4) is 0 Å². The lowest BCUT2D eigenvalue weighted by Crippen LogP contribution is -2.35. The van der Waals surface area contributed by atoms with E-state index < -0.39 is 5.82 Å². The highest BCUT2D eigenvalue weighted by Gasteiger charge is 2.12. The minimum absolute atomic E-state index is 0.0835. The number of nitrogens with two attached hydrogens (primary N) is 1. The molecule has 4 nitrogen and oxygen atoms in total. The second-order valence-electron chi connectivity index (χ2n) is 4.43. The molecule has 0 saturated heterocycles. The van der Waals surface area contributed by atoms with Gasteiger partial charge in [0.15, 0.2) is 18.2 Å². The largest absolute Gasteiger partial charge is 0.480 e. The van der Waals surface area contributed by atoms with E-state index in [9.17, 15) is 9.18 Å². The minimum Gasteiger partial charge on any atom is -0.480 e. The lowest BCUT2D eigenvalue weighted by molar-refractivity contribution is -0.123. The first-order chi connectivity index (χ1) is 9.08. The van der Waals surface area contributed by atoms with Crippen molar-refractivity contribution in [2.24, 2.45) is 5.73 Å². The van der Waals surface area contributed by atoms with E-state index in [0.29, 0.717) is 18.5 Å². The monoisotopic (exact) mass is 268 g/mol. The number of benzene rings is 1. The van der Waals surface area contributed by atoms with Gasteiger partial charge in [0.05, 0.1) is 0 Å². The number of ether oxygens (including phenoxy) is 1. The summed E-state index contributed by atoms with van der Waals surface area (Å²) in [5.41, 5.74) is 6.14. The molecular formula is C14H21FN2O2. The Hall–Kier alpha value is -1.62. The standard InChI is InChI=1S/C14H21FN2O2/c1-3-10(2)17-13(18)9-19-14-11(7-8-16)5-4-6-12(14)15/h4-6,10H,3,7-9,16H2,1-2H3,(H,17,18). The predicted octanol–water partition coefficient (Wildman–Crippen LogP) is 1.62. The van der Waals surface area contributed by atoms with Gasteiger partial charge in [-0.1, -0.05) is 19.1 Å². The molecule has 19 heavy (non-hydrogen) atoms. The molecule has 1 aromatic carbocycles. The quantitative estimate of drug-likeness (QED) is 0.790. The van der Waals surface area contributed by atoms with Crippen LogP contribution in [0.15, 0.2) is 18.2 Å². The molecule has 1 atom stereocenters. The van der Waals surface area contributed by atoms with Gasteiger partial charge in [0, 0.05) is 6.04 Å². The summed E-state index contributed by atoms with van der Waals surface area (Å²) in [6.45, 7) is 4.09. The number of carbonyl (C=O) groups excluding carboxylic acids is 1. The fraction of sp³-hybridized carbons (Fsp3) is 0.500. The minimum atomic E-state index is -0.470. The van der Waals surface area contributed by atoms with Crippen molar-refractivity contribution in [1.29, 1.82) is 0 Å². The summed E-state index contributed by atoms with van der Waals surface area (Å²) in [7, 11) is 0. The van der Waals surface area contributed by atoms with Gasteiger partial charge in [0.25, 0.3) is 5.91 Å². The Kier molecular flexibility index (Phi) is 6.29. The van der Waals surface area contributed by atoms with Crippen LogP contribution in [-0.2, 0) is 11.2 Å². The summed E-state index contributed by atoms with van der Waals surface area (Å²) in [5.74, 6) is -0.606. The van der Waals surface area contributed by atoms with Gasteiger partial charge in [-0.15, -0.1) is 0 Å². The molecule has 0 aromatic heterocycles. The van der Waals surface area contributed by atoms with Gasteiger partial charge in [-0.05, 0) is 37.9 Å². The first-order valence-electron chi connectivity index (χ1n) is 6.48. The van der Waals surface area contributed by atoms with Crippen LogP contribution in [0.1, 0.15) is 25.8 Å². The van der Waals surface area contributed by atoms with E-state index in [4.69, 9.17) is 10.5 Å². The van der Waals surface area contributed by atoms with Crippen molar-refractivity contribution in [3.8, 4) is 5.75 Å². The molecule has 0 heterocycles. The summed E-state index contributed by atoms with van der Waals surface area (Å²) in [4.78, 5) is 11.6. The van der Waals surface area contributed by atoms with Crippen LogP contribution in [0.25, 0.3) is 0 Å². The van der Waals surface area contributed by atoms with Crippen molar-refractivity contribution < 1.29 is 13.9 Å². The number of rotatable bonds is 7. The molecule has 0 fully saturated rings. The summed E-state index contributed by atoms with van der Waals surface area (Å²) in [6.07, 6.45) is 1.35. The molecule has 1 amide bonds. The van der Waals surface area contributed by atoms with E-state index in [1.807, 2.05) is 13.8 Å². The topological polar surface area (TPSA) is 64.3 Å². The van der Waals surface area contributed by atoms with E-state index in [0.717, 1.165) is 6.42 Å². The first-order valence-corrected chi connectivity index (χ1v) is 6.48. The number of carbonyl (C=O) groups is 1. The Balaban J connectivity index is 2.64. The van der Waals surface area contributed by atoms with Crippen LogP contribution >= 0.6 is 0 Å². The van der Waals surface area contributed by atoms with Crippen LogP contribution in [0.2, 0.25) is 0 Å². The highest BCUT2D eigenvalue weighted by atomic mass is 19.1. The first kappa shape index (κ1) is 15.4. The lowest BCUT2D eigenvalue weighted by Gasteiger charge is -2.14. The van der Waals surface area contributed by atoms with Gasteiger partial charge in [-0.3, -0.25) is 4.79 Å². The molecule has 0 aliphatic heterocycles. The second kappa shape index (κ2) is 7.74. The molecule has 0 aliphatic carbocycles. The average molecular weight is 268 g/mol. The van der Waals surface area contributed by atoms with Crippen LogP contribution in [-0.4, -0.2) is 25.1 Å². The summed E-state index contributed by atoms with van der Waals surface area (Å²) < 4.78 is 18.9. The molecule has 1 rings (SSSR count). The molecule has 0 radical (unpaired) electrons. The predicted molar refractivity (Wildman–Crippen MR) is 72.5 cm³/mol. The van der Waals surface area contributed by atoms with Crippen molar-refractivity contribution >= 4 is 5.91 Å². The van der Waals surface area contributed by atoms with Gasteiger partial charge in [0.2, 0.25) is 0 Å². The number of nitrogens with one attached hydrogen (secondary N) is 1. The zero-order valence-electron chi connectivity index (χ0n) is 11.4. The molecule has 0 bridgehead atoms. The van der Waals surface area contributed by atoms with Crippen LogP contribution < -0.4 is 15.8 Å². The Morgan fingerprint density at radius 2 is 2.26 bits per heavy atom. The molecular weight excluding hydrogens is 247 g/mol. The number of halogens is 1. The van der Waals surface area contributed by atoms with E-state index in [1.165, 1.54) is 6.07 Å². The molecule has 0 spiro atoms. The van der Waals surface area contributed by atoms with Gasteiger partial charge >= 0.3 is 0 Å². The van der Waals surface area contributed by atoms with E-state index in [2.05, 4.69) is 5.32 Å². The van der Waals surface area contributed by atoms with Crippen LogP contribution in [0.5, 0.6) is 5.75 Å². The maximum atomic E-state index is 13.7. The third-order valence-electron chi connectivity index (χ3n) is 2.83. The summed E-state index contributed by atoms with van der Waals surface area (Å²) in [5, 5.41) is 2.76. The third-order valence-corrected chi connectivity index (χ3v) is 2.83. The highest BCUT2D eigenvalue weighted by molar-refractivity contribution is 5.77.